The second-order valence-electron chi connectivity index (χ2n) is 23.3. The number of amides is 1. The summed E-state index contributed by atoms with van der Waals surface area (Å²) < 4.78 is 161. The van der Waals surface area contributed by atoms with Crippen molar-refractivity contribution in [1.29, 1.82) is 0 Å². The first kappa shape index (κ1) is 75.5. The topological polar surface area (TPSA) is 324 Å². The molecule has 2 aliphatic rings. The number of ether oxygens (including phenoxy) is 4. The van der Waals surface area contributed by atoms with E-state index in [0.717, 1.165) is 10.6 Å². The fourth-order valence-electron chi connectivity index (χ4n) is 11.9. The number of rotatable bonds is 38. The molecule has 2 unspecified atom stereocenters. The highest BCUT2D eigenvalue weighted by molar-refractivity contribution is 7.86. The monoisotopic (exact) mass is 1400 g/mol. The SMILES string of the molecule is COCCOCCOCCN1C(=CC=CC=CC=CC2=[N+](CCCCCC(=O)CCCNC(=O)c3ccc(C(=O)OC)c(P(c4ccccc4)c4ccccc4)c3)c3ccc(S(=O)(=O)O)cc3C2(C)CCCS(=O)(=O)O)C(C)(CCCS(=O)(=O)O)c2cc(S(=O)(=O)O)ccc21. The van der Waals surface area contributed by atoms with Gasteiger partial charge in [-0.05, 0) is 137 Å². The van der Waals surface area contributed by atoms with Crippen LogP contribution in [0.1, 0.15) is 110 Å². The molecule has 0 radical (unpaired) electrons. The van der Waals surface area contributed by atoms with Crippen LogP contribution < -0.4 is 26.1 Å². The zero-order valence-corrected chi connectivity index (χ0v) is 57.7. The van der Waals surface area contributed by atoms with Crippen LogP contribution in [0.15, 0.2) is 173 Å². The Bertz CT molecular complexity index is 4120. The molecule has 0 bridgehead atoms. The van der Waals surface area contributed by atoms with E-state index in [1.54, 1.807) is 73.9 Å². The van der Waals surface area contributed by atoms with Gasteiger partial charge < -0.3 is 29.2 Å². The van der Waals surface area contributed by atoms with Gasteiger partial charge in [-0.1, -0.05) is 91.0 Å². The van der Waals surface area contributed by atoms with Crippen LogP contribution >= 0.6 is 7.92 Å². The number of Topliss-reactive ketones (excluding diaryl/α,β-unsaturated/α-hetero) is 1. The Kier molecular flexibility index (Phi) is 27.3. The van der Waals surface area contributed by atoms with Crippen molar-refractivity contribution in [2.24, 2.45) is 0 Å². The Labute approximate surface area is 558 Å². The normalized spacial score (nSPS) is 17.2. The van der Waals surface area contributed by atoms with Crippen LogP contribution in [0, 0.1) is 0 Å². The summed E-state index contributed by atoms with van der Waals surface area (Å²) in [6.07, 6.45) is 15.1. The zero-order chi connectivity index (χ0) is 69.0. The second kappa shape index (κ2) is 34.3. The van der Waals surface area contributed by atoms with Crippen LogP contribution in [0.2, 0.25) is 0 Å². The lowest BCUT2D eigenvalue weighted by Crippen LogP contribution is -2.32. The molecule has 2 aliphatic heterocycles. The highest BCUT2D eigenvalue weighted by Gasteiger charge is 2.48. The number of methoxy groups -OCH3 is 2. The molecule has 5 N–H and O–H groups in total. The molecule has 5 aromatic carbocycles. The van der Waals surface area contributed by atoms with Crippen molar-refractivity contribution in [3.05, 3.63) is 186 Å². The number of carbonyl (C=O) groups excluding carboxylic acids is 3. The predicted molar refractivity (Wildman–Crippen MR) is 366 cm³/mol. The zero-order valence-electron chi connectivity index (χ0n) is 53.5. The van der Waals surface area contributed by atoms with E-state index in [-0.39, 0.29) is 86.3 Å². The average molecular weight is 1410 g/mol. The largest absolute Gasteiger partial charge is 0.465 e. The number of unbranched alkanes of at least 4 members (excludes halogenated alkanes) is 2. The average Bonchev–Trinajstić information content (AvgIpc) is 1.60. The number of nitrogens with one attached hydrogen (secondary N) is 1. The Morgan fingerprint density at radius 3 is 1.78 bits per heavy atom. The Hall–Kier alpha value is -6.91. The predicted octanol–water partition coefficient (Wildman–Crippen LogP) is 8.77. The van der Waals surface area contributed by atoms with Crippen LogP contribution in [0.4, 0.5) is 11.4 Å². The van der Waals surface area contributed by atoms with E-state index >= 15 is 0 Å². The maximum atomic E-state index is 13.6. The molecule has 0 spiro atoms. The van der Waals surface area contributed by atoms with Gasteiger partial charge in [0.25, 0.3) is 46.4 Å². The summed E-state index contributed by atoms with van der Waals surface area (Å²) in [7, 11) is -16.5. The molecule has 22 nitrogen and oxygen atoms in total. The lowest BCUT2D eigenvalue weighted by atomic mass is 9.76. The quantitative estimate of drug-likeness (QED) is 0.00615. The lowest BCUT2D eigenvalue weighted by Gasteiger charge is -2.30. The highest BCUT2D eigenvalue weighted by atomic mass is 32.2. The third kappa shape index (κ3) is 21.0. The van der Waals surface area contributed by atoms with E-state index in [1.807, 2.05) is 90.1 Å². The summed E-state index contributed by atoms with van der Waals surface area (Å²) in [6, 6.07) is 32.8. The second-order valence-corrected chi connectivity index (χ2v) is 31.4. The van der Waals surface area contributed by atoms with Crippen LogP contribution in [0.5, 0.6) is 0 Å². The maximum Gasteiger partial charge on any atom is 0.338 e. The number of esters is 1. The van der Waals surface area contributed by atoms with Crippen molar-refractivity contribution in [3.8, 4) is 0 Å². The number of allylic oxidation sites excluding steroid dienone is 8. The van der Waals surface area contributed by atoms with Crippen molar-refractivity contribution in [1.82, 2.24) is 5.32 Å². The number of anilines is 1. The Balaban J connectivity index is 1.06. The lowest BCUT2D eigenvalue weighted by molar-refractivity contribution is -0.438. The molecule has 0 fully saturated rings. The van der Waals surface area contributed by atoms with Crippen molar-refractivity contribution in [2.75, 3.05) is 83.3 Å². The number of hydrogen-bond acceptors (Lipinski definition) is 16. The molecule has 95 heavy (non-hydrogen) atoms. The Morgan fingerprint density at radius 1 is 0.600 bits per heavy atom. The number of carbonyl (C=O) groups is 3. The van der Waals surface area contributed by atoms with E-state index in [4.69, 9.17) is 18.9 Å². The first-order chi connectivity index (χ1) is 45.1. The summed E-state index contributed by atoms with van der Waals surface area (Å²) in [5.74, 6) is -2.01. The summed E-state index contributed by atoms with van der Waals surface area (Å²) in [5, 5.41) is 5.56. The third-order valence-electron chi connectivity index (χ3n) is 16.6. The molecule has 1 amide bonds. The van der Waals surface area contributed by atoms with Crippen LogP contribution in [0.3, 0.4) is 0 Å². The van der Waals surface area contributed by atoms with Gasteiger partial charge in [0.05, 0.1) is 72.4 Å². The maximum absolute atomic E-state index is 13.6. The summed E-state index contributed by atoms with van der Waals surface area (Å²) in [4.78, 5) is 41.2. The van der Waals surface area contributed by atoms with Gasteiger partial charge in [0.1, 0.15) is 12.3 Å². The van der Waals surface area contributed by atoms with Gasteiger partial charge in [-0.2, -0.15) is 38.2 Å². The van der Waals surface area contributed by atoms with Crippen LogP contribution in [-0.2, 0) is 75.0 Å². The molecule has 5 aromatic rings. The first-order valence-corrected chi connectivity index (χ1v) is 38.4. The molecule has 0 aromatic heterocycles. The number of hydrogen-bond donors (Lipinski definition) is 5. The minimum Gasteiger partial charge on any atom is -0.465 e. The van der Waals surface area contributed by atoms with Crippen molar-refractivity contribution >= 4 is 99.1 Å². The van der Waals surface area contributed by atoms with E-state index in [1.165, 1.54) is 31.4 Å². The fraction of sp³-hybridized carbons (Fsp3) is 0.382. The van der Waals surface area contributed by atoms with E-state index in [2.05, 4.69) is 5.32 Å². The van der Waals surface area contributed by atoms with E-state index in [0.29, 0.717) is 102 Å². The molecule has 0 saturated heterocycles. The summed E-state index contributed by atoms with van der Waals surface area (Å²) in [6.45, 7) is 6.07. The van der Waals surface area contributed by atoms with Gasteiger partial charge in [-0.15, -0.1) is 0 Å². The van der Waals surface area contributed by atoms with Crippen LogP contribution in [0.25, 0.3) is 0 Å². The first-order valence-electron chi connectivity index (χ1n) is 31.0. The van der Waals surface area contributed by atoms with Gasteiger partial charge in [-0.25, -0.2) is 4.79 Å². The molecular formula is C68H83N3O19PS4+. The minimum absolute atomic E-state index is 0.00830. The number of benzene rings is 5. The van der Waals surface area contributed by atoms with Gasteiger partial charge in [0.2, 0.25) is 5.69 Å². The van der Waals surface area contributed by atoms with Crippen molar-refractivity contribution in [3.63, 3.8) is 0 Å². The minimum atomic E-state index is -4.69. The van der Waals surface area contributed by atoms with Gasteiger partial charge in [0, 0.05) is 84.8 Å². The number of nitrogens with zero attached hydrogens (tertiary/aromatic N) is 2. The van der Waals surface area contributed by atoms with Gasteiger partial charge >= 0.3 is 5.97 Å². The highest BCUT2D eigenvalue weighted by Crippen LogP contribution is 2.51. The summed E-state index contributed by atoms with van der Waals surface area (Å²) >= 11 is 0. The molecule has 2 atom stereocenters. The molecule has 512 valence electrons. The molecule has 0 saturated carbocycles. The standard InChI is InChI=1S/C68H82N3O19PS4/c1-67(36-20-46-92(75,76)77)58-49-55(94(81,82)83)31-34-60(58)70(39-18-10-11-22-52(72)23-19-38-69-65(73)51-30-33-57(66(74)88-4)62(48-51)91(53-24-12-8-13-25-53)54-26-14-9-15-27-54)63(67)28-16-6-5-7-17-29-64-68(2,37-21-47-93(78,79)80)59-50-56(95(84,85)86)32-35-61(59)71(64)40-41-89-44-45-90-43-42-87-3/h5-9,12-17,24-35,48-50H,10-11,18-23,36-47H2,1-4H3,(H4-,69,73,75,76,77,78,79,80,81,82,83,84,85,86)/p+1. The fourth-order valence-corrected chi connectivity index (χ4v) is 16.4. The smallest absolute Gasteiger partial charge is 0.338 e. The molecule has 7 rings (SSSR count). The van der Waals surface area contributed by atoms with Crippen molar-refractivity contribution in [2.45, 2.75) is 98.7 Å². The number of ketones is 1. The van der Waals surface area contributed by atoms with Crippen molar-refractivity contribution < 1.29 is 89.8 Å². The molecular weight excluding hydrogens is 1320 g/mol. The van der Waals surface area contributed by atoms with E-state index < -0.39 is 76.7 Å². The molecule has 27 heteroatoms. The Morgan fingerprint density at radius 2 is 1.17 bits per heavy atom. The third-order valence-corrected chi connectivity index (χ3v) is 22.4. The van der Waals surface area contributed by atoms with Gasteiger partial charge in [-0.3, -0.25) is 27.8 Å². The van der Waals surface area contributed by atoms with Gasteiger partial charge in [0.15, 0.2) is 5.71 Å². The van der Waals surface area contributed by atoms with Crippen LogP contribution in [-0.4, -0.2) is 158 Å². The summed E-state index contributed by atoms with van der Waals surface area (Å²) in [5.41, 5.74) is 2.07. The molecule has 0 aliphatic carbocycles. The molecule has 2 heterocycles. The van der Waals surface area contributed by atoms with E-state index in [9.17, 15) is 66.3 Å². The number of fused-ring (bicyclic) bond motifs is 2.